The van der Waals surface area contributed by atoms with Crippen molar-refractivity contribution < 1.29 is 13.2 Å². The summed E-state index contributed by atoms with van der Waals surface area (Å²) in [4.78, 5) is 11.3. The number of nitrogen functional groups attached to an aromatic ring is 1. The van der Waals surface area contributed by atoms with Crippen molar-refractivity contribution in [3.63, 3.8) is 0 Å². The Morgan fingerprint density at radius 3 is 2.68 bits per heavy atom. The number of nitrogens with zero attached hydrogens (tertiary/aromatic N) is 1. The van der Waals surface area contributed by atoms with Gasteiger partial charge in [-0.2, -0.15) is 4.31 Å². The summed E-state index contributed by atoms with van der Waals surface area (Å²) < 4.78 is 25.9. The predicted molar refractivity (Wildman–Crippen MR) is 72.4 cm³/mol. The molecule has 1 fully saturated rings. The Kier molecular flexibility index (Phi) is 3.77. The van der Waals surface area contributed by atoms with Gasteiger partial charge in [-0.05, 0) is 24.5 Å². The zero-order valence-electron chi connectivity index (χ0n) is 10.5. The minimum Gasteiger partial charge on any atom is -0.398 e. The first kappa shape index (κ1) is 13.8. The molecule has 1 heterocycles. The van der Waals surface area contributed by atoms with E-state index >= 15 is 0 Å². The van der Waals surface area contributed by atoms with Crippen LogP contribution in [0.4, 0.5) is 5.69 Å². The molecule has 7 heteroatoms. The molecule has 1 saturated heterocycles. The number of para-hydroxylation sites is 1. The molecule has 0 saturated carbocycles. The van der Waals surface area contributed by atoms with Crippen molar-refractivity contribution in [2.24, 2.45) is 5.73 Å². The van der Waals surface area contributed by atoms with Gasteiger partial charge in [0.2, 0.25) is 15.9 Å². The van der Waals surface area contributed by atoms with Crippen LogP contribution in [0.5, 0.6) is 0 Å². The highest BCUT2D eigenvalue weighted by molar-refractivity contribution is 7.88. The van der Waals surface area contributed by atoms with Gasteiger partial charge in [-0.15, -0.1) is 0 Å². The van der Waals surface area contributed by atoms with Crippen molar-refractivity contribution in [3.8, 4) is 0 Å². The molecule has 1 unspecified atom stereocenters. The van der Waals surface area contributed by atoms with Crippen molar-refractivity contribution in [1.29, 1.82) is 0 Å². The van der Waals surface area contributed by atoms with E-state index < -0.39 is 22.0 Å². The lowest BCUT2D eigenvalue weighted by Gasteiger charge is -2.22. The smallest absolute Gasteiger partial charge is 0.235 e. The van der Waals surface area contributed by atoms with Gasteiger partial charge in [0, 0.05) is 12.2 Å². The number of anilines is 1. The second-order valence-electron chi connectivity index (χ2n) is 4.63. The minimum absolute atomic E-state index is 0.205. The lowest BCUT2D eigenvalue weighted by Crippen LogP contribution is -2.44. The van der Waals surface area contributed by atoms with Crippen LogP contribution < -0.4 is 11.5 Å². The normalized spacial score (nSPS) is 20.5. The molecular formula is C12H17N3O3S. The number of primary amides is 1. The number of hydrogen-bond donors (Lipinski definition) is 2. The third kappa shape index (κ3) is 2.87. The lowest BCUT2D eigenvalue weighted by molar-refractivity contribution is -0.121. The maximum absolute atomic E-state index is 12.3. The molecular weight excluding hydrogens is 266 g/mol. The van der Waals surface area contributed by atoms with E-state index in [4.69, 9.17) is 11.5 Å². The average molecular weight is 283 g/mol. The molecule has 0 aromatic heterocycles. The average Bonchev–Trinajstić information content (AvgIpc) is 2.82. The SMILES string of the molecule is NC(=O)C1CCCN1S(=O)(=O)Cc1ccccc1N. The monoisotopic (exact) mass is 283 g/mol. The topological polar surface area (TPSA) is 106 Å². The van der Waals surface area contributed by atoms with E-state index in [2.05, 4.69) is 0 Å². The largest absolute Gasteiger partial charge is 0.398 e. The van der Waals surface area contributed by atoms with E-state index in [1.165, 1.54) is 4.31 Å². The fourth-order valence-corrected chi connectivity index (χ4v) is 4.13. The van der Waals surface area contributed by atoms with Gasteiger partial charge in [0.05, 0.1) is 5.75 Å². The predicted octanol–water partition coefficient (Wildman–Crippen LogP) is 0.0483. The molecule has 19 heavy (non-hydrogen) atoms. The van der Waals surface area contributed by atoms with Gasteiger partial charge in [0.15, 0.2) is 0 Å². The van der Waals surface area contributed by atoms with Gasteiger partial charge in [-0.3, -0.25) is 4.79 Å². The fourth-order valence-electron chi connectivity index (χ4n) is 2.30. The summed E-state index contributed by atoms with van der Waals surface area (Å²) in [5.41, 5.74) is 12.0. The molecule has 1 aromatic rings. The molecule has 1 aliphatic heterocycles. The van der Waals surface area contributed by atoms with E-state index in [-0.39, 0.29) is 5.75 Å². The van der Waals surface area contributed by atoms with E-state index in [0.717, 1.165) is 0 Å². The van der Waals surface area contributed by atoms with Gasteiger partial charge in [0.1, 0.15) is 6.04 Å². The summed E-state index contributed by atoms with van der Waals surface area (Å²) in [6.45, 7) is 0.336. The number of carbonyl (C=O) groups is 1. The first-order chi connectivity index (χ1) is 8.92. The van der Waals surface area contributed by atoms with Gasteiger partial charge < -0.3 is 11.5 Å². The second kappa shape index (κ2) is 5.18. The highest BCUT2D eigenvalue weighted by atomic mass is 32.2. The molecule has 0 spiro atoms. The molecule has 1 amide bonds. The summed E-state index contributed by atoms with van der Waals surface area (Å²) >= 11 is 0. The molecule has 1 aliphatic rings. The van der Waals surface area contributed by atoms with Gasteiger partial charge in [-0.25, -0.2) is 8.42 Å². The Balaban J connectivity index is 2.24. The van der Waals surface area contributed by atoms with Crippen LogP contribution in [-0.4, -0.2) is 31.2 Å². The lowest BCUT2D eigenvalue weighted by atomic mass is 10.2. The Labute approximate surface area is 112 Å². The van der Waals surface area contributed by atoms with E-state index in [1.54, 1.807) is 24.3 Å². The van der Waals surface area contributed by atoms with Crippen LogP contribution in [0.2, 0.25) is 0 Å². The summed E-state index contributed by atoms with van der Waals surface area (Å²) in [5, 5.41) is 0. The molecule has 104 valence electrons. The number of rotatable bonds is 4. The maximum atomic E-state index is 12.3. The summed E-state index contributed by atoms with van der Waals surface area (Å²) in [5.74, 6) is -0.800. The van der Waals surface area contributed by atoms with Crippen molar-refractivity contribution in [2.75, 3.05) is 12.3 Å². The van der Waals surface area contributed by atoms with Crippen LogP contribution in [0, 0.1) is 0 Å². The Morgan fingerprint density at radius 1 is 1.37 bits per heavy atom. The van der Waals surface area contributed by atoms with Crippen LogP contribution in [0.15, 0.2) is 24.3 Å². The number of amides is 1. The van der Waals surface area contributed by atoms with Crippen molar-refractivity contribution in [2.45, 2.75) is 24.6 Å². The second-order valence-corrected chi connectivity index (χ2v) is 6.55. The zero-order chi connectivity index (χ0) is 14.0. The number of carbonyl (C=O) groups excluding carboxylic acids is 1. The van der Waals surface area contributed by atoms with E-state index in [9.17, 15) is 13.2 Å². The minimum atomic E-state index is -3.58. The fraction of sp³-hybridized carbons (Fsp3) is 0.417. The molecule has 4 N–H and O–H groups in total. The summed E-state index contributed by atoms with van der Waals surface area (Å²) in [6.07, 6.45) is 1.13. The van der Waals surface area contributed by atoms with Crippen molar-refractivity contribution in [3.05, 3.63) is 29.8 Å². The Hall–Kier alpha value is -1.60. The Morgan fingerprint density at radius 2 is 2.05 bits per heavy atom. The number of hydrogen-bond acceptors (Lipinski definition) is 4. The molecule has 0 aliphatic carbocycles. The van der Waals surface area contributed by atoms with Crippen LogP contribution in [0.3, 0.4) is 0 Å². The molecule has 0 radical (unpaired) electrons. The highest BCUT2D eigenvalue weighted by Crippen LogP contribution is 2.24. The van der Waals surface area contributed by atoms with Crippen LogP contribution >= 0.6 is 0 Å². The van der Waals surface area contributed by atoms with Crippen LogP contribution in [0.25, 0.3) is 0 Å². The quantitative estimate of drug-likeness (QED) is 0.761. The number of nitrogens with two attached hydrogens (primary N) is 2. The summed E-state index contributed by atoms with van der Waals surface area (Å²) in [6, 6.07) is 6.07. The molecule has 0 bridgehead atoms. The molecule has 6 nitrogen and oxygen atoms in total. The first-order valence-corrected chi connectivity index (χ1v) is 7.65. The standard InChI is InChI=1S/C12H17N3O3S/c13-10-5-2-1-4-9(10)8-19(17,18)15-7-3-6-11(15)12(14)16/h1-2,4-5,11H,3,6-8,13H2,(H2,14,16). The highest BCUT2D eigenvalue weighted by Gasteiger charge is 2.37. The van der Waals surface area contributed by atoms with Gasteiger partial charge in [0.25, 0.3) is 0 Å². The van der Waals surface area contributed by atoms with Crippen molar-refractivity contribution in [1.82, 2.24) is 4.31 Å². The summed E-state index contributed by atoms with van der Waals surface area (Å²) in [7, 11) is -3.58. The van der Waals surface area contributed by atoms with Crippen LogP contribution in [-0.2, 0) is 20.6 Å². The number of sulfonamides is 1. The Bertz CT molecular complexity index is 586. The maximum Gasteiger partial charge on any atom is 0.235 e. The van der Waals surface area contributed by atoms with Crippen LogP contribution in [0.1, 0.15) is 18.4 Å². The number of benzene rings is 1. The first-order valence-electron chi connectivity index (χ1n) is 6.04. The van der Waals surface area contributed by atoms with E-state index in [1.807, 2.05) is 0 Å². The zero-order valence-corrected chi connectivity index (χ0v) is 11.3. The molecule has 2 rings (SSSR count). The van der Waals surface area contributed by atoms with Crippen molar-refractivity contribution >= 4 is 21.6 Å². The van der Waals surface area contributed by atoms with E-state index in [0.29, 0.717) is 30.6 Å². The molecule has 1 atom stereocenters. The third-order valence-corrected chi connectivity index (χ3v) is 5.11. The van der Waals surface area contributed by atoms with Gasteiger partial charge in [-0.1, -0.05) is 18.2 Å². The third-order valence-electron chi connectivity index (χ3n) is 3.28. The van der Waals surface area contributed by atoms with Gasteiger partial charge >= 0.3 is 0 Å². The molecule has 1 aromatic carbocycles.